The van der Waals surface area contributed by atoms with Gasteiger partial charge in [0.2, 0.25) is 11.8 Å². The Morgan fingerprint density at radius 3 is 2.74 bits per heavy atom. The fourth-order valence-corrected chi connectivity index (χ4v) is 3.72. The molecule has 0 bridgehead atoms. The number of para-hydroxylation sites is 1. The molecule has 0 fully saturated rings. The number of fused-ring (bicyclic) bond motifs is 1. The van der Waals surface area contributed by atoms with E-state index in [1.54, 1.807) is 35.7 Å². The number of nitrogens with zero attached hydrogens (tertiary/aromatic N) is 3. The second-order valence-electron chi connectivity index (χ2n) is 6.66. The van der Waals surface area contributed by atoms with Gasteiger partial charge in [0.15, 0.2) is 5.13 Å². The molecule has 4 aromatic rings. The summed E-state index contributed by atoms with van der Waals surface area (Å²) in [5, 5.41) is 7.42. The number of aromatic nitrogens is 3. The third-order valence-corrected chi connectivity index (χ3v) is 5.12. The van der Waals surface area contributed by atoms with E-state index in [1.807, 2.05) is 0 Å². The largest absolute Gasteiger partial charge is 0.326 e. The number of carbonyl (C=O) groups excluding carboxylic acids is 2. The number of nitrogens with one attached hydrogen (secondary N) is 2. The lowest BCUT2D eigenvalue weighted by molar-refractivity contribution is -0.117. The molecule has 0 saturated carbocycles. The van der Waals surface area contributed by atoms with Crippen molar-refractivity contribution in [1.82, 2.24) is 14.5 Å². The fraction of sp³-hybridized carbons (Fsp3) is 0.0952. The van der Waals surface area contributed by atoms with Crippen LogP contribution in [0.4, 0.5) is 15.2 Å². The van der Waals surface area contributed by atoms with Crippen LogP contribution in [0, 0.1) is 5.82 Å². The summed E-state index contributed by atoms with van der Waals surface area (Å²) in [5.41, 5.74) is 1.16. The third-order valence-electron chi connectivity index (χ3n) is 4.36. The van der Waals surface area contributed by atoms with Crippen molar-refractivity contribution in [2.24, 2.45) is 0 Å². The van der Waals surface area contributed by atoms with Crippen LogP contribution in [0.15, 0.2) is 59.0 Å². The number of thiazole rings is 1. The van der Waals surface area contributed by atoms with Crippen LogP contribution in [0.2, 0.25) is 0 Å². The Balaban J connectivity index is 1.48. The monoisotopic (exact) mass is 437 g/mol. The van der Waals surface area contributed by atoms with E-state index >= 15 is 0 Å². The molecule has 0 aliphatic heterocycles. The van der Waals surface area contributed by atoms with Crippen molar-refractivity contribution < 1.29 is 14.0 Å². The van der Waals surface area contributed by atoms with Crippen LogP contribution in [-0.2, 0) is 16.1 Å². The van der Waals surface area contributed by atoms with E-state index in [0.717, 1.165) is 11.3 Å². The Kier molecular flexibility index (Phi) is 5.54. The Morgan fingerprint density at radius 2 is 1.97 bits per heavy atom. The summed E-state index contributed by atoms with van der Waals surface area (Å²) < 4.78 is 15.6. The van der Waals surface area contributed by atoms with Crippen LogP contribution >= 0.6 is 11.3 Å². The molecule has 2 N–H and O–H groups in total. The van der Waals surface area contributed by atoms with Crippen LogP contribution < -0.4 is 16.2 Å². The highest BCUT2D eigenvalue weighted by atomic mass is 32.1. The van der Waals surface area contributed by atoms with Crippen LogP contribution in [0.1, 0.15) is 6.92 Å². The summed E-state index contributed by atoms with van der Waals surface area (Å²) >= 11 is 1.13. The average molecular weight is 437 g/mol. The molecule has 2 aromatic carbocycles. The van der Waals surface area contributed by atoms with Crippen molar-refractivity contribution in [3.8, 4) is 11.3 Å². The molecule has 2 amide bonds. The molecule has 0 radical (unpaired) electrons. The van der Waals surface area contributed by atoms with Crippen molar-refractivity contribution >= 4 is 44.9 Å². The molecule has 0 atom stereocenters. The molecule has 0 spiro atoms. The zero-order valence-electron chi connectivity index (χ0n) is 16.3. The maximum Gasteiger partial charge on any atom is 0.261 e. The maximum atomic E-state index is 14.4. The number of halogens is 1. The highest BCUT2D eigenvalue weighted by Gasteiger charge is 2.13. The standard InChI is InChI=1S/C21H16FN5O3S/c1-12(28)24-13-6-7-14(16(22)8-13)18-10-31-21(25-18)26-19(29)9-27-11-23-17-5-3-2-4-15(17)20(27)30/h2-8,10-11H,9H2,1H3,(H,24,28)(H,25,26,29). The van der Waals surface area contributed by atoms with E-state index in [0.29, 0.717) is 22.3 Å². The van der Waals surface area contributed by atoms with Crippen molar-refractivity contribution in [1.29, 1.82) is 0 Å². The van der Waals surface area contributed by atoms with Crippen LogP contribution in [0.25, 0.3) is 22.2 Å². The first-order valence-electron chi connectivity index (χ1n) is 9.18. The first-order chi connectivity index (χ1) is 14.9. The number of hydrogen-bond donors (Lipinski definition) is 2. The number of carbonyl (C=O) groups is 2. The van der Waals surface area contributed by atoms with Gasteiger partial charge in [-0.3, -0.25) is 19.0 Å². The number of anilines is 2. The van der Waals surface area contributed by atoms with Gasteiger partial charge in [0.1, 0.15) is 12.4 Å². The van der Waals surface area contributed by atoms with Crippen LogP contribution in [0.5, 0.6) is 0 Å². The summed E-state index contributed by atoms with van der Waals surface area (Å²) in [6, 6.07) is 11.2. The first-order valence-corrected chi connectivity index (χ1v) is 10.1. The van der Waals surface area contributed by atoms with Gasteiger partial charge < -0.3 is 10.6 Å². The minimum atomic E-state index is -0.553. The normalized spacial score (nSPS) is 10.8. The van der Waals surface area contributed by atoms with Gasteiger partial charge in [-0.25, -0.2) is 14.4 Å². The predicted molar refractivity (Wildman–Crippen MR) is 116 cm³/mol. The molecule has 4 rings (SSSR count). The highest BCUT2D eigenvalue weighted by Crippen LogP contribution is 2.28. The van der Waals surface area contributed by atoms with Gasteiger partial charge in [0.05, 0.1) is 22.9 Å². The van der Waals surface area contributed by atoms with Gasteiger partial charge >= 0.3 is 0 Å². The van der Waals surface area contributed by atoms with Crippen molar-refractivity contribution in [3.05, 3.63) is 70.3 Å². The molecule has 2 aromatic heterocycles. The second-order valence-corrected chi connectivity index (χ2v) is 7.51. The zero-order chi connectivity index (χ0) is 22.0. The van der Waals surface area contributed by atoms with E-state index < -0.39 is 11.7 Å². The maximum absolute atomic E-state index is 14.4. The van der Waals surface area contributed by atoms with Gasteiger partial charge in [0, 0.05) is 23.6 Å². The zero-order valence-corrected chi connectivity index (χ0v) is 17.1. The Morgan fingerprint density at radius 1 is 1.16 bits per heavy atom. The number of hydrogen-bond acceptors (Lipinski definition) is 6. The first kappa shape index (κ1) is 20.4. The Hall–Kier alpha value is -3.92. The summed E-state index contributed by atoms with van der Waals surface area (Å²) in [7, 11) is 0. The summed E-state index contributed by atoms with van der Waals surface area (Å²) in [4.78, 5) is 44.4. The summed E-state index contributed by atoms with van der Waals surface area (Å²) in [6.45, 7) is 1.11. The van der Waals surface area contributed by atoms with Gasteiger partial charge in [0.25, 0.3) is 5.56 Å². The number of amides is 2. The molecule has 8 nitrogen and oxygen atoms in total. The average Bonchev–Trinajstić information content (AvgIpc) is 3.18. The minimum absolute atomic E-state index is 0.231. The fourth-order valence-electron chi connectivity index (χ4n) is 2.99. The summed E-state index contributed by atoms with van der Waals surface area (Å²) in [6.07, 6.45) is 1.32. The van der Waals surface area contributed by atoms with Gasteiger partial charge in [-0.2, -0.15) is 0 Å². The van der Waals surface area contributed by atoms with Crippen molar-refractivity contribution in [3.63, 3.8) is 0 Å². The lowest BCUT2D eigenvalue weighted by atomic mass is 10.1. The van der Waals surface area contributed by atoms with Gasteiger partial charge in [-0.15, -0.1) is 11.3 Å². The van der Waals surface area contributed by atoms with Crippen molar-refractivity contribution in [2.45, 2.75) is 13.5 Å². The Labute approximate surface area is 179 Å². The molecule has 0 unspecified atom stereocenters. The topological polar surface area (TPSA) is 106 Å². The lowest BCUT2D eigenvalue weighted by Crippen LogP contribution is -2.27. The molecule has 10 heteroatoms. The molecule has 0 aliphatic rings. The highest BCUT2D eigenvalue weighted by molar-refractivity contribution is 7.14. The van der Waals surface area contributed by atoms with E-state index in [-0.39, 0.29) is 28.7 Å². The predicted octanol–water partition coefficient (Wildman–Crippen LogP) is 3.26. The van der Waals surface area contributed by atoms with Crippen LogP contribution in [0.3, 0.4) is 0 Å². The van der Waals surface area contributed by atoms with E-state index in [1.165, 1.54) is 30.0 Å². The second kappa shape index (κ2) is 8.44. The molecule has 31 heavy (non-hydrogen) atoms. The Bertz CT molecular complexity index is 1360. The van der Waals surface area contributed by atoms with Crippen LogP contribution in [-0.4, -0.2) is 26.3 Å². The number of benzene rings is 2. The molecular formula is C21H16FN5O3S. The molecule has 156 valence electrons. The quantitative estimate of drug-likeness (QED) is 0.499. The third kappa shape index (κ3) is 4.48. The molecule has 0 saturated heterocycles. The SMILES string of the molecule is CC(=O)Nc1ccc(-c2csc(NC(=O)Cn3cnc4ccccc4c3=O)n2)c(F)c1. The van der Waals surface area contributed by atoms with E-state index in [9.17, 15) is 18.8 Å². The van der Waals surface area contributed by atoms with E-state index in [4.69, 9.17) is 0 Å². The lowest BCUT2D eigenvalue weighted by Gasteiger charge is -2.06. The molecule has 0 aliphatic carbocycles. The molecule has 2 heterocycles. The van der Waals surface area contributed by atoms with Crippen molar-refractivity contribution in [2.75, 3.05) is 10.6 Å². The molecular weight excluding hydrogens is 421 g/mol. The smallest absolute Gasteiger partial charge is 0.261 e. The van der Waals surface area contributed by atoms with Gasteiger partial charge in [-0.1, -0.05) is 12.1 Å². The van der Waals surface area contributed by atoms with Gasteiger partial charge in [-0.05, 0) is 30.3 Å². The summed E-state index contributed by atoms with van der Waals surface area (Å²) in [5.74, 6) is -1.31. The minimum Gasteiger partial charge on any atom is -0.326 e. The van der Waals surface area contributed by atoms with E-state index in [2.05, 4.69) is 20.6 Å². The number of rotatable bonds is 5.